The predicted octanol–water partition coefficient (Wildman–Crippen LogP) is 8.53. The van der Waals surface area contributed by atoms with Gasteiger partial charge in [-0.3, -0.25) is 0 Å². The summed E-state index contributed by atoms with van der Waals surface area (Å²) in [6, 6.07) is 43.2. The third-order valence-corrected chi connectivity index (χ3v) is 6.05. The lowest BCUT2D eigenvalue weighted by atomic mass is 9.90. The van der Waals surface area contributed by atoms with E-state index in [1.54, 1.807) is 0 Å². The van der Waals surface area contributed by atoms with Crippen LogP contribution < -0.4 is 0 Å². The molecule has 0 N–H and O–H groups in total. The van der Waals surface area contributed by atoms with Gasteiger partial charge in [0, 0.05) is 0 Å². The van der Waals surface area contributed by atoms with Gasteiger partial charge >= 0.3 is 0 Å². The van der Waals surface area contributed by atoms with Gasteiger partial charge in [-0.25, -0.2) is 0 Å². The molecule has 0 unspecified atom stereocenters. The molecule has 0 nitrogen and oxygen atoms in total. The van der Waals surface area contributed by atoms with Crippen molar-refractivity contribution in [1.29, 1.82) is 0 Å². The SMILES string of the molecule is c1cc2cccc3c4cccc5cccc(c(c1)c23)c54.c1ccc2cccc-2cc1. The minimum Gasteiger partial charge on any atom is -0.0622 e. The third kappa shape index (κ3) is 2.62. The molecule has 0 heteroatoms. The molecule has 30 heavy (non-hydrogen) atoms. The van der Waals surface area contributed by atoms with Crippen molar-refractivity contribution in [1.82, 2.24) is 0 Å². The van der Waals surface area contributed by atoms with Crippen molar-refractivity contribution in [3.8, 4) is 11.1 Å². The summed E-state index contributed by atoms with van der Waals surface area (Å²) in [7, 11) is 0. The van der Waals surface area contributed by atoms with Crippen LogP contribution in [-0.4, -0.2) is 0 Å². The lowest BCUT2D eigenvalue weighted by Crippen LogP contribution is -1.85. The van der Waals surface area contributed by atoms with Crippen molar-refractivity contribution in [3.05, 3.63) is 121 Å². The number of rotatable bonds is 0. The molecule has 0 spiro atoms. The number of hydrogen-bond donors (Lipinski definition) is 0. The molecule has 0 amide bonds. The average molecular weight is 380 g/mol. The Kier molecular flexibility index (Phi) is 3.89. The molecule has 2 aliphatic carbocycles. The molecule has 5 aromatic carbocycles. The van der Waals surface area contributed by atoms with E-state index >= 15 is 0 Å². The van der Waals surface area contributed by atoms with E-state index in [0.29, 0.717) is 0 Å². The summed E-state index contributed by atoms with van der Waals surface area (Å²) in [5.41, 5.74) is 2.62. The Labute approximate surface area is 175 Å². The van der Waals surface area contributed by atoms with E-state index in [4.69, 9.17) is 0 Å². The van der Waals surface area contributed by atoms with Gasteiger partial charge in [0.2, 0.25) is 0 Å². The van der Waals surface area contributed by atoms with Crippen molar-refractivity contribution in [3.63, 3.8) is 0 Å². The normalized spacial score (nSPS) is 11.3. The van der Waals surface area contributed by atoms with Crippen LogP contribution in [0.2, 0.25) is 0 Å². The van der Waals surface area contributed by atoms with E-state index in [1.807, 2.05) is 6.07 Å². The summed E-state index contributed by atoms with van der Waals surface area (Å²) >= 11 is 0. The molecule has 0 fully saturated rings. The molecule has 0 aromatic heterocycles. The lowest BCUT2D eigenvalue weighted by molar-refractivity contribution is 1.78. The van der Waals surface area contributed by atoms with Crippen LogP contribution in [-0.2, 0) is 0 Å². The summed E-state index contributed by atoms with van der Waals surface area (Å²) in [5.74, 6) is 0. The maximum absolute atomic E-state index is 2.25. The Morgan fingerprint density at radius 3 is 1.00 bits per heavy atom. The van der Waals surface area contributed by atoms with Crippen molar-refractivity contribution >= 4 is 43.1 Å². The molecular weight excluding hydrogens is 360 g/mol. The van der Waals surface area contributed by atoms with Crippen molar-refractivity contribution in [2.24, 2.45) is 0 Å². The maximum atomic E-state index is 2.25. The second-order valence-electron chi connectivity index (χ2n) is 7.77. The molecule has 0 saturated carbocycles. The molecule has 0 aliphatic heterocycles. The van der Waals surface area contributed by atoms with Crippen molar-refractivity contribution < 1.29 is 0 Å². The van der Waals surface area contributed by atoms with Crippen molar-refractivity contribution in [2.75, 3.05) is 0 Å². The first kappa shape index (κ1) is 17.0. The Morgan fingerprint density at radius 1 is 0.267 bits per heavy atom. The zero-order valence-electron chi connectivity index (χ0n) is 16.5. The first-order chi connectivity index (χ1) is 14.9. The van der Waals surface area contributed by atoms with E-state index in [0.717, 1.165) is 0 Å². The molecule has 140 valence electrons. The highest BCUT2D eigenvalue weighted by molar-refractivity contribution is 6.32. The van der Waals surface area contributed by atoms with E-state index in [1.165, 1.54) is 54.2 Å². The minimum absolute atomic E-state index is 1.31. The second kappa shape index (κ2) is 6.86. The van der Waals surface area contributed by atoms with E-state index in [2.05, 4.69) is 115 Å². The summed E-state index contributed by atoms with van der Waals surface area (Å²) < 4.78 is 0. The van der Waals surface area contributed by atoms with Gasteiger partial charge in [-0.1, -0.05) is 121 Å². The van der Waals surface area contributed by atoms with Crippen LogP contribution >= 0.6 is 0 Å². The van der Waals surface area contributed by atoms with Crippen molar-refractivity contribution in [2.45, 2.75) is 0 Å². The number of hydrogen-bond acceptors (Lipinski definition) is 0. The van der Waals surface area contributed by atoms with Gasteiger partial charge in [0.25, 0.3) is 0 Å². The quantitative estimate of drug-likeness (QED) is 0.183. The van der Waals surface area contributed by atoms with Crippen LogP contribution in [0.25, 0.3) is 54.2 Å². The largest absolute Gasteiger partial charge is 0.0622 e. The van der Waals surface area contributed by atoms with Gasteiger partial charge < -0.3 is 0 Å². The van der Waals surface area contributed by atoms with Crippen LogP contribution in [0.3, 0.4) is 0 Å². The standard InChI is InChI=1S/C20H12.C10H8/c1-5-13-6-2-11-17-18-12-4-8-14-7-3-10-16(20(14)18)15(9-1)19(13)17;1-2-5-9-7-4-8-10(9)6-3-1/h1-12H;1-8H. The third-order valence-electron chi connectivity index (χ3n) is 6.05. The molecule has 7 rings (SSSR count). The smallest absolute Gasteiger partial charge is 0.00264 e. The second-order valence-corrected chi connectivity index (χ2v) is 7.77. The Balaban J connectivity index is 0.000000147. The molecule has 5 aromatic rings. The summed E-state index contributed by atoms with van der Waals surface area (Å²) in [4.78, 5) is 0. The summed E-state index contributed by atoms with van der Waals surface area (Å²) in [6.45, 7) is 0. The highest BCUT2D eigenvalue weighted by atomic mass is 14.1. The van der Waals surface area contributed by atoms with Crippen LogP contribution in [0.1, 0.15) is 0 Å². The van der Waals surface area contributed by atoms with Crippen LogP contribution in [0.4, 0.5) is 0 Å². The lowest BCUT2D eigenvalue weighted by Gasteiger charge is -2.13. The highest BCUT2D eigenvalue weighted by Crippen LogP contribution is 2.39. The molecule has 0 bridgehead atoms. The fourth-order valence-electron chi connectivity index (χ4n) is 4.71. The van der Waals surface area contributed by atoms with Gasteiger partial charge in [-0.15, -0.1) is 0 Å². The van der Waals surface area contributed by atoms with Gasteiger partial charge in [-0.2, -0.15) is 0 Å². The van der Waals surface area contributed by atoms with Crippen LogP contribution in [0.5, 0.6) is 0 Å². The van der Waals surface area contributed by atoms with E-state index in [9.17, 15) is 0 Å². The van der Waals surface area contributed by atoms with E-state index < -0.39 is 0 Å². The summed E-state index contributed by atoms with van der Waals surface area (Å²) in [5, 5.41) is 10.9. The molecule has 0 heterocycles. The van der Waals surface area contributed by atoms with Crippen LogP contribution in [0, 0.1) is 0 Å². The van der Waals surface area contributed by atoms with E-state index in [-0.39, 0.29) is 0 Å². The molecule has 0 radical (unpaired) electrons. The number of fused-ring (bicyclic) bond motifs is 3. The summed E-state index contributed by atoms with van der Waals surface area (Å²) in [6.07, 6.45) is 0. The first-order valence-electron chi connectivity index (χ1n) is 10.4. The van der Waals surface area contributed by atoms with Gasteiger partial charge in [0.15, 0.2) is 0 Å². The predicted molar refractivity (Wildman–Crippen MR) is 131 cm³/mol. The maximum Gasteiger partial charge on any atom is -0.00264 e. The topological polar surface area (TPSA) is 0 Å². The fraction of sp³-hybridized carbons (Fsp3) is 0. The van der Waals surface area contributed by atoms with Crippen LogP contribution in [0.15, 0.2) is 121 Å². The zero-order chi connectivity index (χ0) is 19.9. The zero-order valence-corrected chi connectivity index (χ0v) is 16.5. The van der Waals surface area contributed by atoms with Gasteiger partial charge in [-0.05, 0) is 54.2 Å². The molecule has 2 aliphatic rings. The van der Waals surface area contributed by atoms with Gasteiger partial charge in [0.05, 0.1) is 0 Å². The van der Waals surface area contributed by atoms with Gasteiger partial charge in [0.1, 0.15) is 0 Å². The monoisotopic (exact) mass is 380 g/mol. The highest BCUT2D eigenvalue weighted by Gasteiger charge is 2.11. The average Bonchev–Trinajstić information content (AvgIpc) is 3.13. The fourth-order valence-corrected chi connectivity index (χ4v) is 4.71. The number of benzene rings is 5. The first-order valence-corrected chi connectivity index (χ1v) is 10.4. The Bertz CT molecular complexity index is 1390. The molecule has 0 atom stereocenters. The molecular formula is C30H20. The Morgan fingerprint density at radius 2 is 0.600 bits per heavy atom. The minimum atomic E-state index is 1.31. The molecule has 0 saturated heterocycles. The Hall–Kier alpha value is -3.90.